The number of rotatable bonds is 5. The van der Waals surface area contributed by atoms with Crippen molar-refractivity contribution in [3.8, 4) is 5.75 Å². The van der Waals surface area contributed by atoms with Gasteiger partial charge in [0.2, 0.25) is 5.91 Å². The van der Waals surface area contributed by atoms with Crippen molar-refractivity contribution in [2.75, 3.05) is 26.2 Å². The Balaban J connectivity index is 2.12. The summed E-state index contributed by atoms with van der Waals surface area (Å²) in [6.07, 6.45) is 1.83. The normalized spacial score (nSPS) is 12.8. The van der Waals surface area contributed by atoms with Gasteiger partial charge in [-0.15, -0.1) is 0 Å². The molecule has 0 aromatic heterocycles. The average Bonchev–Trinajstić information content (AvgIpc) is 2.51. The fraction of sp³-hybridized carbons (Fsp3) is 0.375. The highest BCUT2D eigenvalue weighted by Gasteiger charge is 2.22. The summed E-state index contributed by atoms with van der Waals surface area (Å²) in [4.78, 5) is 25.6. The predicted molar refractivity (Wildman–Crippen MR) is 80.9 cm³/mol. The Morgan fingerprint density at radius 1 is 1.29 bits per heavy atom. The number of para-hydroxylation sites is 1. The molecule has 1 N–H and O–H groups in total. The first-order valence-electron chi connectivity index (χ1n) is 7.14. The van der Waals surface area contributed by atoms with E-state index in [9.17, 15) is 9.59 Å². The topological polar surface area (TPSA) is 58.6 Å². The molecule has 2 amide bonds. The molecule has 0 bridgehead atoms. The molecule has 0 atom stereocenters. The second kappa shape index (κ2) is 6.92. The summed E-state index contributed by atoms with van der Waals surface area (Å²) in [5, 5.41) is 2.70. The highest BCUT2D eigenvalue weighted by Crippen LogP contribution is 2.26. The van der Waals surface area contributed by atoms with Crippen LogP contribution >= 0.6 is 0 Å². The number of likely N-dealkylation sites (N-methyl/N-ethyl adjacent to an activating group) is 2. The van der Waals surface area contributed by atoms with E-state index >= 15 is 0 Å². The van der Waals surface area contributed by atoms with Crippen molar-refractivity contribution in [1.82, 2.24) is 10.2 Å². The smallest absolute Gasteiger partial charge is 0.253 e. The van der Waals surface area contributed by atoms with Crippen molar-refractivity contribution in [1.29, 1.82) is 0 Å². The molecule has 0 saturated heterocycles. The van der Waals surface area contributed by atoms with Crippen molar-refractivity contribution in [2.45, 2.75) is 13.8 Å². The Morgan fingerprint density at radius 3 is 2.76 bits per heavy atom. The highest BCUT2D eigenvalue weighted by molar-refractivity contribution is 6.00. The van der Waals surface area contributed by atoms with Crippen LogP contribution < -0.4 is 10.1 Å². The third kappa shape index (κ3) is 3.62. The molecular formula is C16H20N2O3. The van der Waals surface area contributed by atoms with Gasteiger partial charge in [-0.2, -0.15) is 0 Å². The van der Waals surface area contributed by atoms with E-state index in [4.69, 9.17) is 4.74 Å². The Bertz CT molecular complexity index is 566. The molecule has 1 aromatic rings. The highest BCUT2D eigenvalue weighted by atomic mass is 16.5. The minimum atomic E-state index is -0.154. The zero-order chi connectivity index (χ0) is 15.2. The van der Waals surface area contributed by atoms with Gasteiger partial charge in [0.1, 0.15) is 12.4 Å². The third-order valence-electron chi connectivity index (χ3n) is 3.28. The molecule has 1 aromatic carbocycles. The van der Waals surface area contributed by atoms with Gasteiger partial charge in [-0.05, 0) is 26.0 Å². The number of fused-ring (bicyclic) bond motifs is 1. The Labute approximate surface area is 124 Å². The molecule has 21 heavy (non-hydrogen) atoms. The van der Waals surface area contributed by atoms with Crippen molar-refractivity contribution in [2.24, 2.45) is 0 Å². The lowest BCUT2D eigenvalue weighted by atomic mass is 10.1. The van der Waals surface area contributed by atoms with E-state index in [2.05, 4.69) is 5.32 Å². The minimum absolute atomic E-state index is 0.0716. The summed E-state index contributed by atoms with van der Waals surface area (Å²) in [5.41, 5.74) is 1.46. The van der Waals surface area contributed by atoms with Gasteiger partial charge in [-0.3, -0.25) is 9.59 Å². The van der Waals surface area contributed by atoms with Gasteiger partial charge < -0.3 is 15.0 Å². The van der Waals surface area contributed by atoms with Crippen molar-refractivity contribution in [3.05, 3.63) is 35.4 Å². The van der Waals surface area contributed by atoms with E-state index in [0.29, 0.717) is 18.7 Å². The molecule has 5 nitrogen and oxygen atoms in total. The zero-order valence-corrected chi connectivity index (χ0v) is 12.4. The number of nitrogens with one attached hydrogen (secondary N) is 1. The van der Waals surface area contributed by atoms with Gasteiger partial charge in [-0.1, -0.05) is 18.2 Å². The second-order valence-electron chi connectivity index (χ2n) is 4.77. The molecule has 0 spiro atoms. The van der Waals surface area contributed by atoms with Crippen LogP contribution in [-0.2, 0) is 9.59 Å². The van der Waals surface area contributed by atoms with Gasteiger partial charge in [0.15, 0.2) is 0 Å². The number of hydrogen-bond acceptors (Lipinski definition) is 3. The van der Waals surface area contributed by atoms with E-state index in [0.717, 1.165) is 11.3 Å². The van der Waals surface area contributed by atoms with Crippen LogP contribution in [0.4, 0.5) is 0 Å². The van der Waals surface area contributed by atoms with Crippen molar-refractivity contribution in [3.63, 3.8) is 0 Å². The molecule has 0 radical (unpaired) electrons. The quantitative estimate of drug-likeness (QED) is 0.892. The Kier molecular flexibility index (Phi) is 4.98. The van der Waals surface area contributed by atoms with E-state index in [1.54, 1.807) is 0 Å². The van der Waals surface area contributed by atoms with Crippen molar-refractivity contribution >= 4 is 17.9 Å². The molecule has 112 valence electrons. The SMILES string of the molecule is CCNC(=O)CN(CC)C(=O)C1=Cc2ccccc2OC1. The summed E-state index contributed by atoms with van der Waals surface area (Å²) < 4.78 is 5.59. The fourth-order valence-electron chi connectivity index (χ4n) is 2.20. The minimum Gasteiger partial charge on any atom is -0.488 e. The molecule has 1 heterocycles. The van der Waals surface area contributed by atoms with Crippen molar-refractivity contribution < 1.29 is 14.3 Å². The lowest BCUT2D eigenvalue weighted by Gasteiger charge is -2.24. The number of amides is 2. The van der Waals surface area contributed by atoms with Crippen LogP contribution in [0.15, 0.2) is 29.8 Å². The third-order valence-corrected chi connectivity index (χ3v) is 3.28. The zero-order valence-electron chi connectivity index (χ0n) is 12.4. The van der Waals surface area contributed by atoms with Crippen LogP contribution in [0.1, 0.15) is 19.4 Å². The molecule has 0 saturated carbocycles. The molecule has 0 fully saturated rings. The van der Waals surface area contributed by atoms with E-state index in [1.165, 1.54) is 4.90 Å². The summed E-state index contributed by atoms with van der Waals surface area (Å²) in [6.45, 7) is 5.06. The standard InChI is InChI=1S/C16H20N2O3/c1-3-17-15(19)10-18(4-2)16(20)13-9-12-7-5-6-8-14(12)21-11-13/h5-9H,3-4,10-11H2,1-2H3,(H,17,19). The van der Waals surface area contributed by atoms with Crippen LogP contribution in [0.3, 0.4) is 0 Å². The average molecular weight is 288 g/mol. The first kappa shape index (κ1) is 15.1. The molecule has 0 aliphatic carbocycles. The maximum atomic E-state index is 12.5. The van der Waals surface area contributed by atoms with Gasteiger partial charge in [-0.25, -0.2) is 0 Å². The lowest BCUT2D eigenvalue weighted by molar-refractivity contribution is -0.133. The van der Waals surface area contributed by atoms with Crippen LogP contribution in [-0.4, -0.2) is 43.0 Å². The number of carbonyl (C=O) groups is 2. The number of carbonyl (C=O) groups excluding carboxylic acids is 2. The van der Waals surface area contributed by atoms with Crippen LogP contribution in [0, 0.1) is 0 Å². The van der Waals surface area contributed by atoms with Gasteiger partial charge in [0, 0.05) is 18.7 Å². The first-order valence-corrected chi connectivity index (χ1v) is 7.14. The van der Waals surface area contributed by atoms with Crippen LogP contribution in [0.2, 0.25) is 0 Å². The van der Waals surface area contributed by atoms with E-state index in [-0.39, 0.29) is 25.0 Å². The molecule has 2 rings (SSSR count). The molecule has 1 aliphatic heterocycles. The summed E-state index contributed by atoms with van der Waals surface area (Å²) in [6, 6.07) is 7.58. The summed E-state index contributed by atoms with van der Waals surface area (Å²) in [7, 11) is 0. The Hall–Kier alpha value is -2.30. The molecule has 5 heteroatoms. The number of nitrogens with zero attached hydrogens (tertiary/aromatic N) is 1. The molecular weight excluding hydrogens is 268 g/mol. The predicted octanol–water partition coefficient (Wildman–Crippen LogP) is 1.45. The number of hydrogen-bond donors (Lipinski definition) is 1. The van der Waals surface area contributed by atoms with E-state index in [1.807, 2.05) is 44.2 Å². The van der Waals surface area contributed by atoms with E-state index < -0.39 is 0 Å². The maximum Gasteiger partial charge on any atom is 0.253 e. The lowest BCUT2D eigenvalue weighted by Crippen LogP contribution is -2.42. The first-order chi connectivity index (χ1) is 10.2. The van der Waals surface area contributed by atoms with Gasteiger partial charge in [0.05, 0.1) is 12.1 Å². The maximum absolute atomic E-state index is 12.5. The fourth-order valence-corrected chi connectivity index (χ4v) is 2.20. The summed E-state index contributed by atoms with van der Waals surface area (Å²) in [5.74, 6) is 0.476. The number of benzene rings is 1. The monoisotopic (exact) mass is 288 g/mol. The van der Waals surface area contributed by atoms with Crippen LogP contribution in [0.5, 0.6) is 5.75 Å². The van der Waals surface area contributed by atoms with Crippen LogP contribution in [0.25, 0.3) is 6.08 Å². The molecule has 0 unspecified atom stereocenters. The van der Waals surface area contributed by atoms with Gasteiger partial charge >= 0.3 is 0 Å². The Morgan fingerprint density at radius 2 is 2.05 bits per heavy atom. The van der Waals surface area contributed by atoms with Gasteiger partial charge in [0.25, 0.3) is 5.91 Å². The largest absolute Gasteiger partial charge is 0.488 e. The summed E-state index contributed by atoms with van der Waals surface area (Å²) >= 11 is 0. The molecule has 1 aliphatic rings. The second-order valence-corrected chi connectivity index (χ2v) is 4.77. The number of ether oxygens (including phenoxy) is 1.